The fourth-order valence-electron chi connectivity index (χ4n) is 2.28. The zero-order valence-corrected chi connectivity index (χ0v) is 13.4. The first-order valence-corrected chi connectivity index (χ1v) is 7.04. The lowest BCUT2D eigenvalue weighted by Crippen LogP contribution is -2.17. The minimum atomic E-state index is 0.283. The summed E-state index contributed by atoms with van der Waals surface area (Å²) in [5.41, 5.74) is 1.16. The van der Waals surface area contributed by atoms with Crippen molar-refractivity contribution in [2.24, 2.45) is 5.92 Å². The molecule has 0 aromatic heterocycles. The van der Waals surface area contributed by atoms with Crippen molar-refractivity contribution in [3.05, 3.63) is 17.7 Å². The number of benzene rings is 1. The molecule has 0 bridgehead atoms. The van der Waals surface area contributed by atoms with Gasteiger partial charge < -0.3 is 19.5 Å². The summed E-state index contributed by atoms with van der Waals surface area (Å²) in [6.45, 7) is 4.48. The van der Waals surface area contributed by atoms with Gasteiger partial charge in [-0.1, -0.05) is 13.8 Å². The molecule has 1 aromatic carbocycles. The van der Waals surface area contributed by atoms with Gasteiger partial charge in [0.05, 0.1) is 21.3 Å². The minimum absolute atomic E-state index is 0.283. The van der Waals surface area contributed by atoms with E-state index in [0.717, 1.165) is 12.0 Å². The van der Waals surface area contributed by atoms with Crippen molar-refractivity contribution in [2.45, 2.75) is 32.7 Å². The molecule has 4 heteroatoms. The number of rotatable bonds is 8. The molecule has 0 spiro atoms. The van der Waals surface area contributed by atoms with E-state index in [1.165, 1.54) is 6.42 Å². The number of nitrogens with one attached hydrogen (secondary N) is 1. The minimum Gasteiger partial charge on any atom is -0.493 e. The largest absolute Gasteiger partial charge is 0.493 e. The molecule has 1 aromatic rings. The van der Waals surface area contributed by atoms with Crippen LogP contribution in [-0.2, 0) is 0 Å². The maximum absolute atomic E-state index is 5.41. The van der Waals surface area contributed by atoms with Gasteiger partial charge in [-0.25, -0.2) is 0 Å². The molecule has 0 saturated carbocycles. The predicted octanol–water partition coefficient (Wildman–Crippen LogP) is 3.41. The molecule has 114 valence electrons. The van der Waals surface area contributed by atoms with E-state index in [4.69, 9.17) is 14.2 Å². The Morgan fingerprint density at radius 1 is 0.950 bits per heavy atom. The molecule has 0 saturated heterocycles. The fraction of sp³-hybridized carbons (Fsp3) is 0.625. The normalized spacial score (nSPS) is 12.3. The highest BCUT2D eigenvalue weighted by atomic mass is 16.5. The first-order chi connectivity index (χ1) is 9.57. The Morgan fingerprint density at radius 3 is 1.85 bits per heavy atom. The second kappa shape index (κ2) is 8.00. The third kappa shape index (κ3) is 4.04. The third-order valence-electron chi connectivity index (χ3n) is 3.47. The van der Waals surface area contributed by atoms with E-state index < -0.39 is 0 Å². The molecule has 1 rings (SSSR count). The highest BCUT2D eigenvalue weighted by molar-refractivity contribution is 5.54. The Kier molecular flexibility index (Phi) is 6.65. The van der Waals surface area contributed by atoms with Crippen molar-refractivity contribution in [1.29, 1.82) is 0 Å². The number of ether oxygens (including phenoxy) is 3. The summed E-state index contributed by atoms with van der Waals surface area (Å²) < 4.78 is 16.2. The maximum Gasteiger partial charge on any atom is 0.203 e. The number of hydrogen-bond donors (Lipinski definition) is 1. The van der Waals surface area contributed by atoms with Crippen molar-refractivity contribution in [3.63, 3.8) is 0 Å². The van der Waals surface area contributed by atoms with Gasteiger partial charge in [0.15, 0.2) is 11.5 Å². The number of methoxy groups -OCH3 is 3. The summed E-state index contributed by atoms with van der Waals surface area (Å²) >= 11 is 0. The van der Waals surface area contributed by atoms with E-state index in [2.05, 4.69) is 19.2 Å². The monoisotopic (exact) mass is 281 g/mol. The first-order valence-electron chi connectivity index (χ1n) is 7.04. The first kappa shape index (κ1) is 16.6. The average Bonchev–Trinajstić information content (AvgIpc) is 2.46. The van der Waals surface area contributed by atoms with E-state index in [0.29, 0.717) is 23.2 Å². The molecule has 20 heavy (non-hydrogen) atoms. The standard InChI is InChI=1S/C16H27NO3/c1-11(2)7-8-13(17-3)12-9-14(18-4)16(20-6)15(10-12)19-5/h9-11,13,17H,7-8H2,1-6H3. The van der Waals surface area contributed by atoms with Crippen molar-refractivity contribution in [3.8, 4) is 17.2 Å². The van der Waals surface area contributed by atoms with Gasteiger partial charge in [0, 0.05) is 6.04 Å². The van der Waals surface area contributed by atoms with Gasteiger partial charge in [0.1, 0.15) is 0 Å². The van der Waals surface area contributed by atoms with E-state index in [1.807, 2.05) is 19.2 Å². The van der Waals surface area contributed by atoms with Gasteiger partial charge >= 0.3 is 0 Å². The van der Waals surface area contributed by atoms with Crippen LogP contribution in [0.2, 0.25) is 0 Å². The highest BCUT2D eigenvalue weighted by Crippen LogP contribution is 2.40. The predicted molar refractivity (Wildman–Crippen MR) is 82.0 cm³/mol. The SMILES string of the molecule is CNC(CCC(C)C)c1cc(OC)c(OC)c(OC)c1. The summed E-state index contributed by atoms with van der Waals surface area (Å²) in [4.78, 5) is 0. The summed E-state index contributed by atoms with van der Waals surface area (Å²) in [6, 6.07) is 4.32. The lowest BCUT2D eigenvalue weighted by molar-refractivity contribution is 0.322. The van der Waals surface area contributed by atoms with Crippen molar-refractivity contribution >= 4 is 0 Å². The summed E-state index contributed by atoms with van der Waals surface area (Å²) in [7, 11) is 6.88. The van der Waals surface area contributed by atoms with Crippen LogP contribution in [0, 0.1) is 5.92 Å². The van der Waals surface area contributed by atoms with Crippen LogP contribution in [0.1, 0.15) is 38.3 Å². The van der Waals surface area contributed by atoms with E-state index in [9.17, 15) is 0 Å². The zero-order chi connectivity index (χ0) is 15.1. The van der Waals surface area contributed by atoms with Gasteiger partial charge in [-0.05, 0) is 43.5 Å². The Hall–Kier alpha value is -1.42. The molecule has 0 amide bonds. The van der Waals surface area contributed by atoms with Crippen molar-refractivity contribution in [1.82, 2.24) is 5.32 Å². The van der Waals surface area contributed by atoms with Gasteiger partial charge in [0.2, 0.25) is 5.75 Å². The van der Waals surface area contributed by atoms with Gasteiger partial charge in [-0.15, -0.1) is 0 Å². The van der Waals surface area contributed by atoms with Crippen LogP contribution in [-0.4, -0.2) is 28.4 Å². The smallest absolute Gasteiger partial charge is 0.203 e. The van der Waals surface area contributed by atoms with Crippen LogP contribution in [0.5, 0.6) is 17.2 Å². The molecular formula is C16H27NO3. The lowest BCUT2D eigenvalue weighted by atomic mass is 9.97. The van der Waals surface area contributed by atoms with Crippen LogP contribution in [0.25, 0.3) is 0 Å². The topological polar surface area (TPSA) is 39.7 Å². The zero-order valence-electron chi connectivity index (χ0n) is 13.4. The van der Waals surface area contributed by atoms with Crippen LogP contribution in [0.15, 0.2) is 12.1 Å². The Morgan fingerprint density at radius 2 is 1.50 bits per heavy atom. The van der Waals surface area contributed by atoms with E-state index in [1.54, 1.807) is 21.3 Å². The molecule has 4 nitrogen and oxygen atoms in total. The van der Waals surface area contributed by atoms with Gasteiger partial charge in [-0.2, -0.15) is 0 Å². The van der Waals surface area contributed by atoms with Crippen LogP contribution < -0.4 is 19.5 Å². The molecule has 0 aliphatic heterocycles. The molecule has 1 N–H and O–H groups in total. The van der Waals surface area contributed by atoms with Crippen LogP contribution in [0.4, 0.5) is 0 Å². The highest BCUT2D eigenvalue weighted by Gasteiger charge is 2.18. The van der Waals surface area contributed by atoms with Crippen LogP contribution >= 0.6 is 0 Å². The molecule has 1 atom stereocenters. The second-order valence-corrected chi connectivity index (χ2v) is 5.27. The molecule has 1 unspecified atom stereocenters. The number of hydrogen-bond acceptors (Lipinski definition) is 4. The summed E-state index contributed by atoms with van der Waals surface area (Å²) in [5, 5.41) is 3.36. The Labute approximate surface area is 122 Å². The van der Waals surface area contributed by atoms with Crippen molar-refractivity contribution < 1.29 is 14.2 Å². The fourth-order valence-corrected chi connectivity index (χ4v) is 2.28. The third-order valence-corrected chi connectivity index (χ3v) is 3.47. The Bertz CT molecular complexity index is 393. The second-order valence-electron chi connectivity index (χ2n) is 5.27. The molecule has 0 aliphatic carbocycles. The van der Waals surface area contributed by atoms with Gasteiger partial charge in [0.25, 0.3) is 0 Å². The van der Waals surface area contributed by atoms with Crippen molar-refractivity contribution in [2.75, 3.05) is 28.4 Å². The molecule has 0 heterocycles. The lowest BCUT2D eigenvalue weighted by Gasteiger charge is -2.21. The Balaban J connectivity index is 3.09. The maximum atomic E-state index is 5.41. The van der Waals surface area contributed by atoms with E-state index in [-0.39, 0.29) is 6.04 Å². The van der Waals surface area contributed by atoms with Gasteiger partial charge in [-0.3, -0.25) is 0 Å². The van der Waals surface area contributed by atoms with Crippen LogP contribution in [0.3, 0.4) is 0 Å². The quantitative estimate of drug-likeness (QED) is 0.792. The molecule has 0 fully saturated rings. The average molecular weight is 281 g/mol. The van der Waals surface area contributed by atoms with E-state index >= 15 is 0 Å². The molecular weight excluding hydrogens is 254 g/mol. The molecule has 0 radical (unpaired) electrons. The summed E-state index contributed by atoms with van der Waals surface area (Å²) in [6.07, 6.45) is 2.25. The molecule has 0 aliphatic rings. The summed E-state index contributed by atoms with van der Waals surface area (Å²) in [5.74, 6) is 2.73.